The Morgan fingerprint density at radius 3 is 2.58 bits per heavy atom. The number of carboxylic acid groups (broad SMARTS) is 1. The molecule has 0 unspecified atom stereocenters. The number of fused-ring (bicyclic) bond motifs is 2. The van der Waals surface area contributed by atoms with Gasteiger partial charge in [-0.3, -0.25) is 25.2 Å². The maximum Gasteiger partial charge on any atom is 0.310 e. The maximum atomic E-state index is 12.4. The molecule has 1 saturated heterocycles. The molecule has 0 radical (unpaired) electrons. The smallest absolute Gasteiger partial charge is 0.310 e. The minimum Gasteiger partial charge on any atom is -0.507 e. The second kappa shape index (κ2) is 5.64. The van der Waals surface area contributed by atoms with Crippen LogP contribution in [0.15, 0.2) is 36.4 Å². The number of ether oxygens (including phenoxy) is 1. The zero-order chi connectivity index (χ0) is 17.5. The number of hydrogen-bond donors (Lipinski definition) is 4. The topological polar surface area (TPSA) is 125 Å². The Bertz CT molecular complexity index is 746. The number of carbonyl (C=O) groups is 3. The fourth-order valence-electron chi connectivity index (χ4n) is 3.21. The van der Waals surface area contributed by atoms with Gasteiger partial charge in [0, 0.05) is 0 Å². The Balaban J connectivity index is 1.71. The van der Waals surface area contributed by atoms with E-state index >= 15 is 0 Å². The molecule has 2 heterocycles. The molecule has 0 saturated carbocycles. The first-order valence-electron chi connectivity index (χ1n) is 7.31. The van der Waals surface area contributed by atoms with Gasteiger partial charge in [0.25, 0.3) is 5.91 Å². The fraction of sp³-hybridized carbons (Fsp3) is 0.312. The highest BCUT2D eigenvalue weighted by Gasteiger charge is 2.59. The lowest BCUT2D eigenvalue weighted by atomic mass is 9.76. The number of phenolic OH excluding ortho intramolecular Hbond substituents is 1. The van der Waals surface area contributed by atoms with E-state index in [1.165, 1.54) is 12.1 Å². The molecule has 1 aromatic carbocycles. The summed E-state index contributed by atoms with van der Waals surface area (Å²) in [7, 11) is 0. The highest BCUT2D eigenvalue weighted by atomic mass is 16.5. The largest absolute Gasteiger partial charge is 0.507 e. The van der Waals surface area contributed by atoms with E-state index in [1.807, 2.05) is 0 Å². The van der Waals surface area contributed by atoms with E-state index in [9.17, 15) is 24.6 Å². The Kier molecular flexibility index (Phi) is 3.76. The second-order valence-electron chi connectivity index (χ2n) is 5.93. The van der Waals surface area contributed by atoms with Crippen LogP contribution < -0.4 is 10.9 Å². The average molecular weight is 332 g/mol. The van der Waals surface area contributed by atoms with Crippen LogP contribution >= 0.6 is 0 Å². The number of aliphatic carboxylic acids is 1. The van der Waals surface area contributed by atoms with E-state index in [0.717, 1.165) is 0 Å². The SMILES string of the molecule is C[C@@]12C=C[C@@H](O1)[C@@H](C(=O)O)[C@@H]2C(=O)NNC(=O)c1ccccc1O. The number of carboxylic acids is 1. The lowest BCUT2D eigenvalue weighted by Gasteiger charge is -2.27. The highest BCUT2D eigenvalue weighted by Crippen LogP contribution is 2.46. The molecule has 2 bridgehead atoms. The number of hydrazine groups is 1. The third-order valence-electron chi connectivity index (χ3n) is 4.35. The summed E-state index contributed by atoms with van der Waals surface area (Å²) in [6.45, 7) is 1.63. The summed E-state index contributed by atoms with van der Waals surface area (Å²) in [5, 5.41) is 19.0. The number of aromatic hydroxyl groups is 1. The molecular weight excluding hydrogens is 316 g/mol. The van der Waals surface area contributed by atoms with Crippen molar-refractivity contribution >= 4 is 17.8 Å². The number of hydrogen-bond acceptors (Lipinski definition) is 5. The lowest BCUT2D eigenvalue weighted by Crippen LogP contribution is -2.52. The Morgan fingerprint density at radius 2 is 1.92 bits per heavy atom. The van der Waals surface area contributed by atoms with Gasteiger partial charge in [-0.05, 0) is 19.1 Å². The third-order valence-corrected chi connectivity index (χ3v) is 4.35. The zero-order valence-electron chi connectivity index (χ0n) is 12.7. The first-order valence-corrected chi connectivity index (χ1v) is 7.31. The number of para-hydroxylation sites is 1. The molecule has 4 N–H and O–H groups in total. The summed E-state index contributed by atoms with van der Waals surface area (Å²) >= 11 is 0. The van der Waals surface area contributed by atoms with Gasteiger partial charge in [-0.25, -0.2) is 0 Å². The quantitative estimate of drug-likeness (QED) is 0.463. The minimum absolute atomic E-state index is 0.0112. The van der Waals surface area contributed by atoms with Gasteiger partial charge in [-0.2, -0.15) is 0 Å². The van der Waals surface area contributed by atoms with Gasteiger partial charge in [0.15, 0.2) is 0 Å². The van der Waals surface area contributed by atoms with Crippen LogP contribution in [0.2, 0.25) is 0 Å². The van der Waals surface area contributed by atoms with Crippen LogP contribution in [0.5, 0.6) is 5.75 Å². The molecular formula is C16H16N2O6. The van der Waals surface area contributed by atoms with E-state index in [4.69, 9.17) is 4.74 Å². The lowest BCUT2D eigenvalue weighted by molar-refractivity contribution is -0.147. The van der Waals surface area contributed by atoms with Gasteiger partial charge < -0.3 is 14.9 Å². The summed E-state index contributed by atoms with van der Waals surface area (Å²) < 4.78 is 5.57. The first-order chi connectivity index (χ1) is 11.3. The van der Waals surface area contributed by atoms with Gasteiger partial charge in [0.2, 0.25) is 5.91 Å². The van der Waals surface area contributed by atoms with Gasteiger partial charge >= 0.3 is 5.97 Å². The minimum atomic E-state index is -1.14. The number of benzene rings is 1. The van der Waals surface area contributed by atoms with Crippen molar-refractivity contribution in [3.63, 3.8) is 0 Å². The summed E-state index contributed by atoms with van der Waals surface area (Å²) in [4.78, 5) is 35.8. The van der Waals surface area contributed by atoms with E-state index in [-0.39, 0.29) is 11.3 Å². The van der Waals surface area contributed by atoms with Crippen molar-refractivity contribution in [2.45, 2.75) is 18.6 Å². The molecule has 0 aliphatic carbocycles. The van der Waals surface area contributed by atoms with Crippen LogP contribution in [0.4, 0.5) is 0 Å². The van der Waals surface area contributed by atoms with E-state index in [0.29, 0.717) is 0 Å². The van der Waals surface area contributed by atoms with Gasteiger partial charge in [-0.1, -0.05) is 24.3 Å². The Morgan fingerprint density at radius 1 is 1.21 bits per heavy atom. The molecule has 8 heteroatoms. The molecule has 3 rings (SSSR count). The zero-order valence-corrected chi connectivity index (χ0v) is 12.7. The molecule has 4 atom stereocenters. The van der Waals surface area contributed by atoms with Crippen LogP contribution in [0, 0.1) is 11.8 Å². The standard InChI is InChI=1S/C16H16N2O6/c1-16-7-6-10(24-16)11(15(22)23)12(16)14(21)18-17-13(20)8-4-2-3-5-9(8)19/h2-7,10-12,19H,1H3,(H,17,20)(H,18,21)(H,22,23)/t10-,11-,12-,16+/m1/s1. The van der Waals surface area contributed by atoms with E-state index in [2.05, 4.69) is 10.9 Å². The summed E-state index contributed by atoms with van der Waals surface area (Å²) in [6.07, 6.45) is 2.62. The maximum absolute atomic E-state index is 12.4. The summed E-state index contributed by atoms with van der Waals surface area (Å²) in [6, 6.07) is 5.85. The number of nitrogens with one attached hydrogen (secondary N) is 2. The Hall–Kier alpha value is -2.87. The van der Waals surface area contributed by atoms with Gasteiger partial charge in [0.1, 0.15) is 11.7 Å². The van der Waals surface area contributed by atoms with Crippen molar-refractivity contribution in [1.82, 2.24) is 10.9 Å². The van der Waals surface area contributed by atoms with Crippen LogP contribution in [-0.4, -0.2) is 39.7 Å². The fourth-order valence-corrected chi connectivity index (χ4v) is 3.21. The number of carbonyl (C=O) groups excluding carboxylic acids is 2. The molecule has 1 fully saturated rings. The van der Waals surface area contributed by atoms with Crippen LogP contribution in [-0.2, 0) is 14.3 Å². The normalized spacial score (nSPS) is 30.1. The summed E-state index contributed by atoms with van der Waals surface area (Å²) in [5.41, 5.74) is 3.36. The van der Waals surface area contributed by atoms with Crippen molar-refractivity contribution in [2.24, 2.45) is 11.8 Å². The molecule has 8 nitrogen and oxygen atoms in total. The molecule has 0 aromatic heterocycles. The average Bonchev–Trinajstić information content (AvgIpc) is 3.06. The molecule has 1 aromatic rings. The molecule has 24 heavy (non-hydrogen) atoms. The van der Waals surface area contributed by atoms with Crippen molar-refractivity contribution < 1.29 is 29.3 Å². The van der Waals surface area contributed by atoms with Crippen molar-refractivity contribution in [1.29, 1.82) is 0 Å². The monoisotopic (exact) mass is 332 g/mol. The second-order valence-corrected chi connectivity index (χ2v) is 5.93. The summed E-state index contributed by atoms with van der Waals surface area (Å²) in [5.74, 6) is -4.75. The van der Waals surface area contributed by atoms with Gasteiger partial charge in [-0.15, -0.1) is 0 Å². The van der Waals surface area contributed by atoms with E-state index < -0.39 is 41.3 Å². The third kappa shape index (κ3) is 2.50. The van der Waals surface area contributed by atoms with Crippen LogP contribution in [0.25, 0.3) is 0 Å². The first kappa shape index (κ1) is 16.0. The van der Waals surface area contributed by atoms with E-state index in [1.54, 1.807) is 31.2 Å². The van der Waals surface area contributed by atoms with Crippen molar-refractivity contribution in [3.05, 3.63) is 42.0 Å². The number of amides is 2. The van der Waals surface area contributed by atoms with Crippen LogP contribution in [0.3, 0.4) is 0 Å². The van der Waals surface area contributed by atoms with Gasteiger partial charge in [0.05, 0.1) is 23.2 Å². The molecule has 2 aliphatic heterocycles. The Labute approximate surface area is 137 Å². The number of rotatable bonds is 3. The van der Waals surface area contributed by atoms with Crippen molar-refractivity contribution in [3.8, 4) is 5.75 Å². The van der Waals surface area contributed by atoms with Crippen molar-refractivity contribution in [2.75, 3.05) is 0 Å². The number of phenols is 1. The van der Waals surface area contributed by atoms with Crippen LogP contribution in [0.1, 0.15) is 17.3 Å². The molecule has 126 valence electrons. The highest BCUT2D eigenvalue weighted by molar-refractivity contribution is 5.98. The molecule has 2 aliphatic rings. The molecule has 0 spiro atoms. The predicted octanol–water partition coefficient (Wildman–Crippen LogP) is 0.197. The predicted molar refractivity (Wildman–Crippen MR) is 80.7 cm³/mol. The molecule has 2 amide bonds.